The topological polar surface area (TPSA) is 84.9 Å². The number of aliphatic hydroxyl groups is 1. The SMILES string of the molecule is CC(C)(C)OC(=O)Nc1ccc(C(O)C(=O)OC(c2ccccc2)c2ccccc2)cc1. The van der Waals surface area contributed by atoms with E-state index in [0.29, 0.717) is 11.3 Å². The molecule has 6 nitrogen and oxygen atoms in total. The van der Waals surface area contributed by atoms with E-state index in [4.69, 9.17) is 9.47 Å². The third-order valence-corrected chi connectivity index (χ3v) is 4.53. The van der Waals surface area contributed by atoms with Gasteiger partial charge in [-0.25, -0.2) is 9.59 Å². The minimum Gasteiger partial charge on any atom is -0.450 e. The molecule has 0 radical (unpaired) electrons. The summed E-state index contributed by atoms with van der Waals surface area (Å²) in [5, 5.41) is 13.2. The van der Waals surface area contributed by atoms with E-state index in [0.717, 1.165) is 11.1 Å². The molecule has 3 rings (SSSR count). The number of ether oxygens (including phenoxy) is 2. The van der Waals surface area contributed by atoms with Crippen molar-refractivity contribution in [3.63, 3.8) is 0 Å². The van der Waals surface area contributed by atoms with Crippen molar-refractivity contribution in [2.75, 3.05) is 5.32 Å². The molecule has 0 aliphatic carbocycles. The normalized spacial score (nSPS) is 12.2. The van der Waals surface area contributed by atoms with Crippen LogP contribution in [0, 0.1) is 0 Å². The Bertz CT molecular complexity index is 988. The van der Waals surface area contributed by atoms with Crippen molar-refractivity contribution in [3.05, 3.63) is 102 Å². The van der Waals surface area contributed by atoms with Gasteiger partial charge in [0, 0.05) is 5.69 Å². The molecule has 0 fully saturated rings. The van der Waals surface area contributed by atoms with Gasteiger partial charge in [-0.15, -0.1) is 0 Å². The highest BCUT2D eigenvalue weighted by atomic mass is 16.6. The molecule has 32 heavy (non-hydrogen) atoms. The fourth-order valence-corrected chi connectivity index (χ4v) is 3.07. The molecule has 0 aliphatic heterocycles. The van der Waals surface area contributed by atoms with E-state index >= 15 is 0 Å². The first-order valence-electron chi connectivity index (χ1n) is 10.3. The summed E-state index contributed by atoms with van der Waals surface area (Å²) in [5.74, 6) is -0.768. The number of hydrogen-bond acceptors (Lipinski definition) is 5. The van der Waals surface area contributed by atoms with Gasteiger partial charge < -0.3 is 14.6 Å². The Morgan fingerprint density at radius 3 is 1.75 bits per heavy atom. The summed E-state index contributed by atoms with van der Waals surface area (Å²) in [7, 11) is 0. The molecule has 0 aliphatic rings. The number of aliphatic hydroxyl groups excluding tert-OH is 1. The standard InChI is InChI=1S/C26H27NO5/c1-26(2,3)32-25(30)27-21-16-14-18(15-17-21)22(28)24(29)31-23(19-10-6-4-7-11-19)20-12-8-5-9-13-20/h4-17,22-23,28H,1-3H3,(H,27,30). The zero-order valence-corrected chi connectivity index (χ0v) is 18.3. The maximum Gasteiger partial charge on any atom is 0.412 e. The predicted molar refractivity (Wildman–Crippen MR) is 122 cm³/mol. The zero-order chi connectivity index (χ0) is 23.1. The number of hydrogen-bond donors (Lipinski definition) is 2. The molecule has 3 aromatic carbocycles. The lowest BCUT2D eigenvalue weighted by Gasteiger charge is -2.21. The maximum absolute atomic E-state index is 12.8. The van der Waals surface area contributed by atoms with Crippen LogP contribution in [0.2, 0.25) is 0 Å². The summed E-state index contributed by atoms with van der Waals surface area (Å²) >= 11 is 0. The van der Waals surface area contributed by atoms with Crippen LogP contribution < -0.4 is 5.32 Å². The molecular formula is C26H27NO5. The molecule has 1 unspecified atom stereocenters. The van der Waals surface area contributed by atoms with Crippen LogP contribution in [0.15, 0.2) is 84.9 Å². The molecule has 1 amide bonds. The van der Waals surface area contributed by atoms with Crippen LogP contribution in [0.5, 0.6) is 0 Å². The molecule has 0 saturated heterocycles. The molecule has 2 N–H and O–H groups in total. The van der Waals surface area contributed by atoms with Crippen LogP contribution in [0.25, 0.3) is 0 Å². The summed E-state index contributed by atoms with van der Waals surface area (Å²) < 4.78 is 10.9. The molecule has 0 saturated carbocycles. The van der Waals surface area contributed by atoms with Gasteiger partial charge in [-0.3, -0.25) is 5.32 Å². The highest BCUT2D eigenvalue weighted by Gasteiger charge is 2.25. The number of benzene rings is 3. The van der Waals surface area contributed by atoms with Crippen molar-refractivity contribution in [1.29, 1.82) is 0 Å². The average molecular weight is 434 g/mol. The van der Waals surface area contributed by atoms with Crippen LogP contribution >= 0.6 is 0 Å². The Morgan fingerprint density at radius 1 is 0.781 bits per heavy atom. The van der Waals surface area contributed by atoms with Crippen molar-refractivity contribution >= 4 is 17.7 Å². The molecule has 166 valence electrons. The first-order valence-corrected chi connectivity index (χ1v) is 10.3. The predicted octanol–water partition coefficient (Wildman–Crippen LogP) is 5.40. The number of nitrogens with one attached hydrogen (secondary N) is 1. The van der Waals surface area contributed by atoms with Gasteiger partial charge in [-0.1, -0.05) is 72.8 Å². The van der Waals surface area contributed by atoms with E-state index in [1.807, 2.05) is 60.7 Å². The van der Waals surface area contributed by atoms with Crippen molar-refractivity contribution < 1.29 is 24.2 Å². The van der Waals surface area contributed by atoms with Gasteiger partial charge in [-0.05, 0) is 49.6 Å². The van der Waals surface area contributed by atoms with Crippen LogP contribution in [0.4, 0.5) is 10.5 Å². The summed E-state index contributed by atoms with van der Waals surface area (Å²) in [4.78, 5) is 24.6. The first kappa shape index (κ1) is 23.0. The van der Waals surface area contributed by atoms with Gasteiger partial charge in [0.15, 0.2) is 12.2 Å². The first-order chi connectivity index (χ1) is 15.2. The largest absolute Gasteiger partial charge is 0.450 e. The van der Waals surface area contributed by atoms with Crippen molar-refractivity contribution in [2.24, 2.45) is 0 Å². The number of anilines is 1. The summed E-state index contributed by atoms with van der Waals surface area (Å²) in [6.07, 6.45) is -2.70. The fraction of sp³-hybridized carbons (Fsp3) is 0.231. The molecule has 1 atom stereocenters. The third kappa shape index (κ3) is 6.43. The van der Waals surface area contributed by atoms with E-state index in [2.05, 4.69) is 5.32 Å². The molecule has 0 bridgehead atoms. The van der Waals surface area contributed by atoms with Gasteiger partial charge in [0.1, 0.15) is 5.60 Å². The average Bonchev–Trinajstić information content (AvgIpc) is 2.77. The summed E-state index contributed by atoms with van der Waals surface area (Å²) in [6, 6.07) is 25.0. The van der Waals surface area contributed by atoms with Gasteiger partial charge in [-0.2, -0.15) is 0 Å². The molecular weight excluding hydrogens is 406 g/mol. The lowest BCUT2D eigenvalue weighted by Crippen LogP contribution is -2.27. The second-order valence-corrected chi connectivity index (χ2v) is 8.29. The molecule has 0 heterocycles. The van der Waals surface area contributed by atoms with E-state index < -0.39 is 29.9 Å². The Kier molecular flexibility index (Phi) is 7.28. The highest BCUT2D eigenvalue weighted by molar-refractivity contribution is 5.85. The minimum absolute atomic E-state index is 0.351. The molecule has 6 heteroatoms. The Morgan fingerprint density at radius 2 is 1.28 bits per heavy atom. The van der Waals surface area contributed by atoms with E-state index in [1.165, 1.54) is 0 Å². The van der Waals surface area contributed by atoms with Crippen molar-refractivity contribution in [2.45, 2.75) is 38.6 Å². The second kappa shape index (κ2) is 10.1. The van der Waals surface area contributed by atoms with Gasteiger partial charge in [0.05, 0.1) is 0 Å². The van der Waals surface area contributed by atoms with Crippen molar-refractivity contribution in [1.82, 2.24) is 0 Å². The molecule has 0 spiro atoms. The lowest BCUT2D eigenvalue weighted by molar-refractivity contribution is -0.158. The minimum atomic E-state index is -1.47. The van der Waals surface area contributed by atoms with Crippen LogP contribution in [-0.4, -0.2) is 22.8 Å². The number of carbonyl (C=O) groups excluding carboxylic acids is 2. The summed E-state index contributed by atoms with van der Waals surface area (Å²) in [6.45, 7) is 5.32. The zero-order valence-electron chi connectivity index (χ0n) is 18.3. The van der Waals surface area contributed by atoms with Gasteiger partial charge in [0.2, 0.25) is 0 Å². The molecule has 0 aromatic heterocycles. The van der Waals surface area contributed by atoms with E-state index in [1.54, 1.807) is 45.0 Å². The van der Waals surface area contributed by atoms with Crippen molar-refractivity contribution in [3.8, 4) is 0 Å². The molecule has 3 aromatic rings. The monoisotopic (exact) mass is 433 g/mol. The van der Waals surface area contributed by atoms with Gasteiger partial charge in [0.25, 0.3) is 0 Å². The number of amides is 1. The number of rotatable bonds is 6. The van der Waals surface area contributed by atoms with E-state index in [-0.39, 0.29) is 0 Å². The number of carbonyl (C=O) groups is 2. The fourth-order valence-electron chi connectivity index (χ4n) is 3.07. The third-order valence-electron chi connectivity index (χ3n) is 4.53. The Balaban J connectivity index is 1.70. The van der Waals surface area contributed by atoms with Crippen LogP contribution in [0.1, 0.15) is 49.7 Å². The quantitative estimate of drug-likeness (QED) is 0.509. The maximum atomic E-state index is 12.8. The van der Waals surface area contributed by atoms with E-state index in [9.17, 15) is 14.7 Å². The Hall–Kier alpha value is -3.64. The smallest absolute Gasteiger partial charge is 0.412 e. The highest BCUT2D eigenvalue weighted by Crippen LogP contribution is 2.28. The van der Waals surface area contributed by atoms with Crippen LogP contribution in [-0.2, 0) is 14.3 Å². The second-order valence-electron chi connectivity index (χ2n) is 8.29. The lowest BCUT2D eigenvalue weighted by atomic mass is 10.0. The Labute approximate surface area is 187 Å². The van der Waals surface area contributed by atoms with Gasteiger partial charge >= 0.3 is 12.1 Å². The summed E-state index contributed by atoms with van der Waals surface area (Å²) in [5.41, 5.74) is 1.82. The van der Waals surface area contributed by atoms with Crippen LogP contribution in [0.3, 0.4) is 0 Å². The number of esters is 1.